The fourth-order valence-corrected chi connectivity index (χ4v) is 3.30. The highest BCUT2D eigenvalue weighted by Crippen LogP contribution is 2.30. The second kappa shape index (κ2) is 7.98. The average Bonchev–Trinajstić information content (AvgIpc) is 3.28. The van der Waals surface area contributed by atoms with E-state index in [4.69, 9.17) is 4.74 Å². The summed E-state index contributed by atoms with van der Waals surface area (Å²) in [6, 6.07) is 1.97. The van der Waals surface area contributed by atoms with Gasteiger partial charge in [-0.05, 0) is 33.6 Å². The number of fused-ring (bicyclic) bond motifs is 1. The van der Waals surface area contributed by atoms with Crippen LogP contribution in [0.5, 0.6) is 0 Å². The van der Waals surface area contributed by atoms with Gasteiger partial charge in [-0.3, -0.25) is 5.01 Å². The van der Waals surface area contributed by atoms with Crippen LogP contribution in [0.15, 0.2) is 6.33 Å². The number of ether oxygens (including phenoxy) is 1. The van der Waals surface area contributed by atoms with Crippen LogP contribution in [0.3, 0.4) is 0 Å². The fraction of sp³-hybridized carbons (Fsp3) is 0.611. The van der Waals surface area contributed by atoms with Crippen LogP contribution in [0.2, 0.25) is 0 Å². The first-order valence-electron chi connectivity index (χ1n) is 9.35. The largest absolute Gasteiger partial charge is 0.443 e. The van der Waals surface area contributed by atoms with E-state index >= 15 is 0 Å². The third kappa shape index (κ3) is 4.31. The smallest absolute Gasteiger partial charge is 0.426 e. The Balaban J connectivity index is 2.05. The summed E-state index contributed by atoms with van der Waals surface area (Å²) in [6.45, 7) is 5.58. The van der Waals surface area contributed by atoms with Crippen molar-refractivity contribution in [1.82, 2.24) is 24.9 Å². The molecule has 0 radical (unpaired) electrons. The lowest BCUT2D eigenvalue weighted by Gasteiger charge is -2.31. The van der Waals surface area contributed by atoms with Crippen LogP contribution in [0.25, 0.3) is 11.2 Å². The van der Waals surface area contributed by atoms with Crippen molar-refractivity contribution < 1.29 is 14.6 Å². The molecule has 2 aromatic heterocycles. The molecule has 2 heterocycles. The van der Waals surface area contributed by atoms with Gasteiger partial charge in [0.05, 0.1) is 19.0 Å². The number of carbonyl (C=O) groups excluding carboxylic acids is 1. The van der Waals surface area contributed by atoms with Crippen LogP contribution in [0, 0.1) is 11.3 Å². The Morgan fingerprint density at radius 3 is 2.75 bits per heavy atom. The Morgan fingerprint density at radius 1 is 1.43 bits per heavy atom. The van der Waals surface area contributed by atoms with Crippen LogP contribution < -0.4 is 10.4 Å². The average molecular weight is 387 g/mol. The second-order valence-corrected chi connectivity index (χ2v) is 7.74. The first kappa shape index (κ1) is 19.8. The number of anilines is 1. The van der Waals surface area contributed by atoms with Gasteiger partial charge in [0, 0.05) is 6.54 Å². The van der Waals surface area contributed by atoms with Gasteiger partial charge in [0.2, 0.25) is 5.82 Å². The molecule has 2 aromatic rings. The first-order chi connectivity index (χ1) is 13.3. The molecule has 3 rings (SSSR count). The third-order valence-electron chi connectivity index (χ3n) is 4.42. The minimum absolute atomic E-state index is 0.0140. The normalized spacial score (nSPS) is 14.8. The molecule has 1 aliphatic carbocycles. The molecule has 1 amide bonds. The second-order valence-electron chi connectivity index (χ2n) is 7.74. The van der Waals surface area contributed by atoms with Gasteiger partial charge in [-0.15, -0.1) is 0 Å². The quantitative estimate of drug-likeness (QED) is 0.744. The predicted octanol–water partition coefficient (Wildman–Crippen LogP) is 1.88. The number of hydrazine groups is 1. The van der Waals surface area contributed by atoms with E-state index in [1.54, 1.807) is 36.7 Å². The van der Waals surface area contributed by atoms with Crippen molar-refractivity contribution in [2.75, 3.05) is 11.6 Å². The topological polar surface area (TPSA) is 129 Å². The van der Waals surface area contributed by atoms with Crippen molar-refractivity contribution in [2.45, 2.75) is 64.6 Å². The number of nitrogens with one attached hydrogen (secondary N) is 1. The zero-order valence-corrected chi connectivity index (χ0v) is 16.3. The van der Waals surface area contributed by atoms with Crippen molar-refractivity contribution >= 4 is 23.1 Å². The minimum atomic E-state index is -0.646. The molecule has 0 spiro atoms. The number of nitriles is 1. The van der Waals surface area contributed by atoms with Gasteiger partial charge in [0.15, 0.2) is 17.0 Å². The molecule has 1 aliphatic rings. The maximum Gasteiger partial charge on any atom is 0.426 e. The lowest BCUT2D eigenvalue weighted by atomic mass is 10.2. The Labute approximate surface area is 163 Å². The molecule has 0 bridgehead atoms. The number of rotatable bonds is 5. The van der Waals surface area contributed by atoms with Gasteiger partial charge in [-0.25, -0.2) is 15.2 Å². The van der Waals surface area contributed by atoms with Crippen molar-refractivity contribution in [3.63, 3.8) is 0 Å². The van der Waals surface area contributed by atoms with E-state index in [1.807, 2.05) is 6.07 Å². The number of nitrogens with zero attached hydrogens (tertiary/aromatic N) is 6. The summed E-state index contributed by atoms with van der Waals surface area (Å²) in [5.41, 5.74) is 3.03. The molecule has 1 saturated carbocycles. The molecule has 28 heavy (non-hydrogen) atoms. The highest BCUT2D eigenvalue weighted by Gasteiger charge is 2.30. The predicted molar refractivity (Wildman–Crippen MR) is 101 cm³/mol. The van der Waals surface area contributed by atoms with E-state index in [9.17, 15) is 15.2 Å². The number of aliphatic hydroxyl groups excluding tert-OH is 1. The van der Waals surface area contributed by atoms with Crippen molar-refractivity contribution in [3.8, 4) is 6.07 Å². The highest BCUT2D eigenvalue weighted by atomic mass is 16.6. The van der Waals surface area contributed by atoms with Crippen LogP contribution in [-0.2, 0) is 11.3 Å². The molecule has 0 aromatic carbocycles. The molecular formula is C18H25N7O3. The van der Waals surface area contributed by atoms with Gasteiger partial charge in [-0.1, -0.05) is 12.8 Å². The number of carbonyl (C=O) groups is 1. The Bertz CT molecular complexity index is 891. The van der Waals surface area contributed by atoms with Crippen molar-refractivity contribution in [3.05, 3.63) is 12.2 Å². The van der Waals surface area contributed by atoms with Gasteiger partial charge in [0.1, 0.15) is 11.7 Å². The summed E-state index contributed by atoms with van der Waals surface area (Å²) >= 11 is 0. The summed E-state index contributed by atoms with van der Waals surface area (Å²) in [5.74, 6) is 0.326. The number of imidazole rings is 1. The van der Waals surface area contributed by atoms with Crippen LogP contribution in [-0.4, -0.2) is 49.0 Å². The van der Waals surface area contributed by atoms with Gasteiger partial charge < -0.3 is 14.4 Å². The first-order valence-corrected chi connectivity index (χ1v) is 9.35. The standard InChI is InChI=1S/C18H25N7O3/c1-18(2,3)28-17(27)23-25(12-6-4-5-7-12)16-14-15(21-13(10-19)22-16)24(8-9-26)11-20-14/h11-12,26H,4-9H2,1-3H3,(H,23,27). The molecule has 150 valence electrons. The van der Waals surface area contributed by atoms with Crippen molar-refractivity contribution in [1.29, 1.82) is 5.26 Å². The monoisotopic (exact) mass is 387 g/mol. The maximum absolute atomic E-state index is 12.5. The molecule has 0 unspecified atom stereocenters. The van der Waals surface area contributed by atoms with Gasteiger partial charge in [-0.2, -0.15) is 15.2 Å². The summed E-state index contributed by atoms with van der Waals surface area (Å²) in [6.07, 6.45) is 4.77. The summed E-state index contributed by atoms with van der Waals surface area (Å²) in [5, 5.41) is 20.3. The van der Waals surface area contributed by atoms with Crippen LogP contribution >= 0.6 is 0 Å². The summed E-state index contributed by atoms with van der Waals surface area (Å²) in [4.78, 5) is 25.4. The Kier molecular flexibility index (Phi) is 5.65. The van der Waals surface area contributed by atoms with E-state index in [1.165, 1.54) is 0 Å². The number of hydrogen-bond acceptors (Lipinski definition) is 8. The molecule has 10 heteroatoms. The van der Waals surface area contributed by atoms with E-state index in [0.717, 1.165) is 25.7 Å². The number of amides is 1. The molecule has 0 saturated heterocycles. The molecule has 10 nitrogen and oxygen atoms in total. The van der Waals surface area contributed by atoms with Gasteiger partial charge in [0.25, 0.3) is 0 Å². The van der Waals surface area contributed by atoms with Crippen molar-refractivity contribution in [2.24, 2.45) is 0 Å². The highest BCUT2D eigenvalue weighted by molar-refractivity contribution is 5.85. The van der Waals surface area contributed by atoms with E-state index in [0.29, 0.717) is 23.5 Å². The lowest BCUT2D eigenvalue weighted by Crippen LogP contribution is -2.50. The van der Waals surface area contributed by atoms with E-state index in [-0.39, 0.29) is 18.5 Å². The third-order valence-corrected chi connectivity index (χ3v) is 4.42. The number of aromatic nitrogens is 4. The van der Waals surface area contributed by atoms with Crippen LogP contribution in [0.4, 0.5) is 10.6 Å². The number of aliphatic hydroxyl groups is 1. The zero-order chi connectivity index (χ0) is 20.3. The Morgan fingerprint density at radius 2 is 2.14 bits per heavy atom. The molecular weight excluding hydrogens is 362 g/mol. The lowest BCUT2D eigenvalue weighted by molar-refractivity contribution is 0.0514. The SMILES string of the molecule is CC(C)(C)OC(=O)NN(c1nc(C#N)nc2c1ncn2CCO)C1CCCC1. The molecule has 2 N–H and O–H groups in total. The summed E-state index contributed by atoms with van der Waals surface area (Å²) < 4.78 is 7.06. The number of hydrogen-bond donors (Lipinski definition) is 2. The maximum atomic E-state index is 12.5. The van der Waals surface area contributed by atoms with Gasteiger partial charge >= 0.3 is 6.09 Å². The molecule has 0 aliphatic heterocycles. The van der Waals surface area contributed by atoms with E-state index in [2.05, 4.69) is 20.4 Å². The molecule has 0 atom stereocenters. The molecule has 1 fully saturated rings. The summed E-state index contributed by atoms with van der Waals surface area (Å²) in [7, 11) is 0. The fourth-order valence-electron chi connectivity index (χ4n) is 3.30. The minimum Gasteiger partial charge on any atom is -0.443 e. The zero-order valence-electron chi connectivity index (χ0n) is 16.3. The van der Waals surface area contributed by atoms with Crippen LogP contribution in [0.1, 0.15) is 52.3 Å². The van der Waals surface area contributed by atoms with E-state index < -0.39 is 11.7 Å². The Hall–Kier alpha value is -2.93.